The second kappa shape index (κ2) is 11.4. The van der Waals surface area contributed by atoms with Crippen molar-refractivity contribution >= 4 is 11.9 Å². The Labute approximate surface area is 224 Å². The molecule has 1 aliphatic heterocycles. The summed E-state index contributed by atoms with van der Waals surface area (Å²) in [7, 11) is 3.39. The van der Waals surface area contributed by atoms with Gasteiger partial charge < -0.3 is 19.3 Å². The number of nitrogens with zero attached hydrogens (tertiary/aromatic N) is 1. The first-order valence-electron chi connectivity index (χ1n) is 13.5. The Morgan fingerprint density at radius 3 is 2.05 bits per heavy atom. The number of likely N-dealkylation sites (tertiary alicyclic amines) is 1. The smallest absolute Gasteiger partial charge is 0.310 e. The topological polar surface area (TPSA) is 85.3 Å². The molecule has 2 bridgehead atoms. The first-order valence-corrected chi connectivity index (χ1v) is 13.5. The maximum Gasteiger partial charge on any atom is 0.310 e. The predicted molar refractivity (Wildman–Crippen MR) is 142 cm³/mol. The number of esters is 2. The number of hydrogen-bond acceptors (Lipinski definition) is 7. The molecule has 2 aromatic rings. The average Bonchev–Trinajstić information content (AvgIpc) is 3.68. The van der Waals surface area contributed by atoms with E-state index in [0.29, 0.717) is 26.0 Å². The number of likely N-dealkylation sites (N-methyl/N-ethyl adjacent to an activating group) is 1. The van der Waals surface area contributed by atoms with E-state index < -0.39 is 17.4 Å². The Kier molecular flexibility index (Phi) is 7.98. The van der Waals surface area contributed by atoms with E-state index in [0.717, 1.165) is 17.5 Å². The molecule has 7 heteroatoms. The summed E-state index contributed by atoms with van der Waals surface area (Å²) < 4.78 is 16.7. The first kappa shape index (κ1) is 26.6. The van der Waals surface area contributed by atoms with Crippen LogP contribution in [0.2, 0.25) is 0 Å². The molecule has 38 heavy (non-hydrogen) atoms. The van der Waals surface area contributed by atoms with Crippen LogP contribution in [0, 0.1) is 23.7 Å². The standard InChI is InChI=1S/C31H37NO6/c1-32-20-25(19-26(32)31(35,23-10-5-3-6-11-23)24-12-7-4-8-13-24)37-16-9-17-38-30(34)28-22-15-14-21(18-22)27(28)29(33)36-2/h3-8,10-15,21-22,25-28,35H,9,16-20H2,1-2H3/t21-,22+,25+,26-,27-,28+/m0/s1. The van der Waals surface area contributed by atoms with Crippen molar-refractivity contribution in [1.29, 1.82) is 0 Å². The molecule has 1 heterocycles. The van der Waals surface area contributed by atoms with Crippen molar-refractivity contribution in [2.75, 3.05) is 33.9 Å². The lowest BCUT2D eigenvalue weighted by molar-refractivity contribution is -0.160. The molecule has 1 N–H and O–H groups in total. The molecule has 2 fully saturated rings. The lowest BCUT2D eigenvalue weighted by Gasteiger charge is -2.38. The lowest BCUT2D eigenvalue weighted by atomic mass is 9.79. The van der Waals surface area contributed by atoms with E-state index in [1.165, 1.54) is 7.11 Å². The van der Waals surface area contributed by atoms with Crippen molar-refractivity contribution in [2.24, 2.45) is 23.7 Å². The van der Waals surface area contributed by atoms with E-state index in [-0.39, 0.29) is 42.5 Å². The van der Waals surface area contributed by atoms with Gasteiger partial charge in [-0.15, -0.1) is 0 Å². The van der Waals surface area contributed by atoms with Crippen molar-refractivity contribution in [3.05, 3.63) is 83.9 Å². The number of rotatable bonds is 10. The van der Waals surface area contributed by atoms with Crippen LogP contribution in [-0.2, 0) is 29.4 Å². The highest BCUT2D eigenvalue weighted by molar-refractivity contribution is 5.84. The molecule has 7 nitrogen and oxygen atoms in total. The number of fused-ring (bicyclic) bond motifs is 2. The van der Waals surface area contributed by atoms with E-state index in [2.05, 4.69) is 4.90 Å². The minimum atomic E-state index is -1.17. The van der Waals surface area contributed by atoms with Gasteiger partial charge in [-0.2, -0.15) is 0 Å². The monoisotopic (exact) mass is 519 g/mol. The first-order chi connectivity index (χ1) is 18.4. The van der Waals surface area contributed by atoms with E-state index in [4.69, 9.17) is 14.2 Å². The van der Waals surface area contributed by atoms with Crippen molar-refractivity contribution in [3.8, 4) is 0 Å². The zero-order valence-electron chi connectivity index (χ0n) is 22.1. The van der Waals surface area contributed by atoms with Gasteiger partial charge in [0.1, 0.15) is 5.60 Å². The summed E-state index contributed by atoms with van der Waals surface area (Å²) in [5, 5.41) is 12.1. The minimum Gasteiger partial charge on any atom is -0.469 e. The van der Waals surface area contributed by atoms with Gasteiger partial charge in [-0.1, -0.05) is 72.8 Å². The third-order valence-corrected chi connectivity index (χ3v) is 8.51. The summed E-state index contributed by atoms with van der Waals surface area (Å²) in [5.74, 6) is -1.46. The summed E-state index contributed by atoms with van der Waals surface area (Å²) in [6, 6.07) is 19.4. The Balaban J connectivity index is 1.14. The molecule has 0 spiro atoms. The van der Waals surface area contributed by atoms with E-state index in [1.807, 2.05) is 79.9 Å². The quantitative estimate of drug-likeness (QED) is 0.292. The zero-order chi connectivity index (χ0) is 26.7. The summed E-state index contributed by atoms with van der Waals surface area (Å²) in [6.45, 7) is 1.39. The summed E-state index contributed by atoms with van der Waals surface area (Å²) in [4.78, 5) is 27.2. The van der Waals surface area contributed by atoms with Crippen LogP contribution in [0.5, 0.6) is 0 Å². The molecule has 0 radical (unpaired) electrons. The summed E-state index contributed by atoms with van der Waals surface area (Å²) in [5.41, 5.74) is 0.545. The number of methoxy groups -OCH3 is 1. The molecule has 0 unspecified atom stereocenters. The van der Waals surface area contributed by atoms with Crippen LogP contribution in [-0.4, -0.2) is 68.0 Å². The van der Waals surface area contributed by atoms with Crippen LogP contribution >= 0.6 is 0 Å². The number of benzene rings is 2. The fourth-order valence-electron chi connectivity index (χ4n) is 6.68. The fourth-order valence-corrected chi connectivity index (χ4v) is 6.68. The molecule has 1 saturated heterocycles. The maximum atomic E-state index is 12.8. The highest BCUT2D eigenvalue weighted by Gasteiger charge is 2.53. The SMILES string of the molecule is COC(=O)[C@@H]1[C@H](C(=O)OCCCO[C@@H]2C[C@@H](C(O)(c3ccccc3)c3ccccc3)N(C)C2)[C@@H]2C=C[C@H]1C2. The number of allylic oxidation sites excluding steroid dienone is 2. The van der Waals surface area contributed by atoms with Gasteiger partial charge in [-0.05, 0) is 42.9 Å². The molecule has 0 amide bonds. The highest BCUT2D eigenvalue weighted by Crippen LogP contribution is 2.49. The Morgan fingerprint density at radius 1 is 0.895 bits per heavy atom. The molecular formula is C31H37NO6. The van der Waals surface area contributed by atoms with Gasteiger partial charge in [0, 0.05) is 19.0 Å². The molecule has 202 valence electrons. The van der Waals surface area contributed by atoms with Crippen LogP contribution < -0.4 is 0 Å². The Bertz CT molecular complexity index is 1100. The molecule has 2 aliphatic carbocycles. The third kappa shape index (κ3) is 5.03. The second-order valence-electron chi connectivity index (χ2n) is 10.7. The zero-order valence-corrected chi connectivity index (χ0v) is 22.1. The number of hydrogen-bond donors (Lipinski definition) is 1. The van der Waals surface area contributed by atoms with Crippen LogP contribution in [0.4, 0.5) is 0 Å². The van der Waals surface area contributed by atoms with E-state index in [1.54, 1.807) is 0 Å². The van der Waals surface area contributed by atoms with Gasteiger partial charge in [0.05, 0.1) is 38.3 Å². The number of ether oxygens (including phenoxy) is 3. The largest absolute Gasteiger partial charge is 0.469 e. The predicted octanol–water partition coefficient (Wildman–Crippen LogP) is 3.56. The molecule has 1 saturated carbocycles. The highest BCUT2D eigenvalue weighted by atomic mass is 16.5. The molecule has 2 aromatic carbocycles. The number of carbonyl (C=O) groups excluding carboxylic acids is 2. The fraction of sp³-hybridized carbons (Fsp3) is 0.484. The van der Waals surface area contributed by atoms with Gasteiger partial charge in [-0.3, -0.25) is 14.5 Å². The molecule has 3 aliphatic rings. The van der Waals surface area contributed by atoms with Crippen molar-refractivity contribution in [2.45, 2.75) is 37.0 Å². The second-order valence-corrected chi connectivity index (χ2v) is 10.7. The van der Waals surface area contributed by atoms with Crippen molar-refractivity contribution < 1.29 is 28.9 Å². The maximum absolute atomic E-state index is 12.8. The Morgan fingerprint density at radius 2 is 1.47 bits per heavy atom. The molecular weight excluding hydrogens is 482 g/mol. The van der Waals surface area contributed by atoms with Crippen LogP contribution in [0.25, 0.3) is 0 Å². The number of carbonyl (C=O) groups is 2. The van der Waals surface area contributed by atoms with Crippen LogP contribution in [0.3, 0.4) is 0 Å². The van der Waals surface area contributed by atoms with Crippen molar-refractivity contribution in [1.82, 2.24) is 4.90 Å². The van der Waals surface area contributed by atoms with Gasteiger partial charge >= 0.3 is 11.9 Å². The van der Waals surface area contributed by atoms with Crippen LogP contribution in [0.15, 0.2) is 72.8 Å². The summed E-state index contributed by atoms with van der Waals surface area (Å²) in [6.07, 6.45) is 6.05. The molecule has 0 aromatic heterocycles. The Hall–Kier alpha value is -3.00. The summed E-state index contributed by atoms with van der Waals surface area (Å²) >= 11 is 0. The number of aliphatic hydroxyl groups is 1. The lowest BCUT2D eigenvalue weighted by Crippen LogP contribution is -2.46. The van der Waals surface area contributed by atoms with Gasteiger partial charge in [0.2, 0.25) is 0 Å². The molecule has 6 atom stereocenters. The van der Waals surface area contributed by atoms with E-state index >= 15 is 0 Å². The average molecular weight is 520 g/mol. The normalized spacial score (nSPS) is 28.5. The minimum absolute atomic E-state index is 0.0425. The van der Waals surface area contributed by atoms with Gasteiger partial charge in [0.15, 0.2) is 0 Å². The third-order valence-electron chi connectivity index (χ3n) is 8.51. The van der Waals surface area contributed by atoms with Crippen molar-refractivity contribution in [3.63, 3.8) is 0 Å². The van der Waals surface area contributed by atoms with Crippen LogP contribution in [0.1, 0.15) is 30.4 Å². The van der Waals surface area contributed by atoms with Gasteiger partial charge in [0.25, 0.3) is 0 Å². The van der Waals surface area contributed by atoms with E-state index in [9.17, 15) is 14.7 Å². The van der Waals surface area contributed by atoms with Gasteiger partial charge in [-0.25, -0.2) is 0 Å². The molecule has 5 rings (SSSR count).